The average molecular weight is 517 g/mol. The van der Waals surface area contributed by atoms with Gasteiger partial charge in [0.1, 0.15) is 6.04 Å². The van der Waals surface area contributed by atoms with Gasteiger partial charge in [0.05, 0.1) is 25.9 Å². The molecule has 1 spiro atoms. The van der Waals surface area contributed by atoms with E-state index in [4.69, 9.17) is 16.3 Å². The number of benzene rings is 2. The molecular formula is C24H25ClN4O7. The van der Waals surface area contributed by atoms with Gasteiger partial charge in [-0.25, -0.2) is 9.59 Å². The van der Waals surface area contributed by atoms with E-state index in [0.717, 1.165) is 0 Å². The van der Waals surface area contributed by atoms with Crippen LogP contribution in [0.5, 0.6) is 0 Å². The van der Waals surface area contributed by atoms with Crippen molar-refractivity contribution in [1.29, 1.82) is 0 Å². The summed E-state index contributed by atoms with van der Waals surface area (Å²) < 4.78 is 10.2. The number of aliphatic hydroxyl groups excluding tert-OH is 1. The monoisotopic (exact) mass is 516 g/mol. The van der Waals surface area contributed by atoms with Crippen molar-refractivity contribution in [1.82, 2.24) is 10.2 Å². The minimum absolute atomic E-state index is 0.0485. The molecule has 0 unspecified atom stereocenters. The summed E-state index contributed by atoms with van der Waals surface area (Å²) in [6.45, 7) is -0.214. The van der Waals surface area contributed by atoms with Crippen LogP contribution in [0.25, 0.3) is 0 Å². The smallest absolute Gasteiger partial charge is 0.412 e. The number of likely N-dealkylation sites (tertiary alicyclic amines) is 1. The second-order valence-electron chi connectivity index (χ2n) is 8.46. The quantitative estimate of drug-likeness (QED) is 0.478. The van der Waals surface area contributed by atoms with Crippen LogP contribution in [0.2, 0.25) is 5.02 Å². The van der Waals surface area contributed by atoms with E-state index in [0.29, 0.717) is 41.3 Å². The lowest BCUT2D eigenvalue weighted by Gasteiger charge is -2.45. The van der Waals surface area contributed by atoms with Gasteiger partial charge in [-0.15, -0.1) is 0 Å². The first kappa shape index (κ1) is 25.3. The lowest BCUT2D eigenvalue weighted by atomic mass is 9.83. The van der Waals surface area contributed by atoms with Gasteiger partial charge in [-0.3, -0.25) is 20.2 Å². The molecule has 1 saturated heterocycles. The van der Waals surface area contributed by atoms with Crippen LogP contribution in [-0.4, -0.2) is 66.9 Å². The van der Waals surface area contributed by atoms with Crippen LogP contribution < -0.4 is 16.0 Å². The van der Waals surface area contributed by atoms with Gasteiger partial charge in [0.25, 0.3) is 5.91 Å². The highest BCUT2D eigenvalue weighted by atomic mass is 35.5. The second kappa shape index (κ2) is 10.4. The zero-order valence-corrected chi connectivity index (χ0v) is 20.1. The SMILES string of the molecule is COC(=O)Nc1ccc(C(=O)N[C@@H](CO)C(=O)N2CCC[C@@]3(C2)OC(=O)Nc2ccc(Cl)cc23)cc1. The third-order valence-corrected chi connectivity index (χ3v) is 6.36. The largest absolute Gasteiger partial charge is 0.453 e. The third-order valence-electron chi connectivity index (χ3n) is 6.13. The molecule has 0 saturated carbocycles. The summed E-state index contributed by atoms with van der Waals surface area (Å²) in [5, 5.41) is 18.0. The maximum atomic E-state index is 13.3. The first-order valence-electron chi connectivity index (χ1n) is 11.2. The summed E-state index contributed by atoms with van der Waals surface area (Å²) >= 11 is 6.19. The van der Waals surface area contributed by atoms with Gasteiger partial charge in [-0.05, 0) is 55.3 Å². The minimum Gasteiger partial charge on any atom is -0.453 e. The first-order valence-corrected chi connectivity index (χ1v) is 11.6. The van der Waals surface area contributed by atoms with Crippen molar-refractivity contribution in [2.24, 2.45) is 0 Å². The molecular weight excluding hydrogens is 492 g/mol. The van der Waals surface area contributed by atoms with E-state index in [1.807, 2.05) is 0 Å². The molecule has 4 N–H and O–H groups in total. The van der Waals surface area contributed by atoms with Gasteiger partial charge < -0.3 is 24.8 Å². The van der Waals surface area contributed by atoms with Gasteiger partial charge in [-0.1, -0.05) is 11.6 Å². The summed E-state index contributed by atoms with van der Waals surface area (Å²) in [5.41, 5.74) is 0.772. The van der Waals surface area contributed by atoms with E-state index in [2.05, 4.69) is 20.7 Å². The minimum atomic E-state index is -1.21. The molecule has 4 amide bonds. The van der Waals surface area contributed by atoms with E-state index >= 15 is 0 Å². The second-order valence-corrected chi connectivity index (χ2v) is 8.90. The number of hydrogen-bond acceptors (Lipinski definition) is 7. The molecule has 4 rings (SSSR count). The van der Waals surface area contributed by atoms with E-state index < -0.39 is 42.3 Å². The molecule has 36 heavy (non-hydrogen) atoms. The Balaban J connectivity index is 1.48. The lowest BCUT2D eigenvalue weighted by molar-refractivity contribution is -0.142. The molecule has 2 heterocycles. The van der Waals surface area contributed by atoms with Crippen LogP contribution in [0, 0.1) is 0 Å². The fourth-order valence-corrected chi connectivity index (χ4v) is 4.58. The Kier molecular flexibility index (Phi) is 7.32. The van der Waals surface area contributed by atoms with Crippen molar-refractivity contribution in [3.8, 4) is 0 Å². The molecule has 2 atom stereocenters. The Morgan fingerprint density at radius 3 is 2.69 bits per heavy atom. The number of nitrogens with zero attached hydrogens (tertiary/aromatic N) is 1. The number of fused-ring (bicyclic) bond motifs is 2. The summed E-state index contributed by atoms with van der Waals surface area (Å²) in [5.74, 6) is -1.09. The summed E-state index contributed by atoms with van der Waals surface area (Å²) in [7, 11) is 1.23. The molecule has 1 fully saturated rings. The highest BCUT2D eigenvalue weighted by molar-refractivity contribution is 6.30. The number of hydrogen-bond donors (Lipinski definition) is 4. The highest BCUT2D eigenvalue weighted by Crippen LogP contribution is 2.43. The summed E-state index contributed by atoms with van der Waals surface area (Å²) in [6, 6.07) is 9.76. The number of nitrogens with one attached hydrogen (secondary N) is 3. The highest BCUT2D eigenvalue weighted by Gasteiger charge is 2.47. The van der Waals surface area contributed by atoms with Gasteiger partial charge in [-0.2, -0.15) is 0 Å². The zero-order valence-electron chi connectivity index (χ0n) is 19.4. The number of halogens is 1. The molecule has 0 bridgehead atoms. The fraction of sp³-hybridized carbons (Fsp3) is 0.333. The van der Waals surface area contributed by atoms with E-state index in [9.17, 15) is 24.3 Å². The summed E-state index contributed by atoms with van der Waals surface area (Å²) in [6.07, 6.45) is -0.260. The molecule has 12 heteroatoms. The zero-order chi connectivity index (χ0) is 25.9. The maximum Gasteiger partial charge on any atom is 0.412 e. The molecule has 0 aromatic heterocycles. The summed E-state index contributed by atoms with van der Waals surface area (Å²) in [4.78, 5) is 51.1. The third kappa shape index (κ3) is 5.21. The molecule has 190 valence electrons. The van der Waals surface area contributed by atoms with Crippen LogP contribution in [0.15, 0.2) is 42.5 Å². The van der Waals surface area contributed by atoms with Crippen molar-refractivity contribution in [2.45, 2.75) is 24.5 Å². The molecule has 0 aliphatic carbocycles. The fourth-order valence-electron chi connectivity index (χ4n) is 4.40. The Labute approximate surface area is 211 Å². The van der Waals surface area contributed by atoms with Crippen LogP contribution in [-0.2, 0) is 19.9 Å². The molecule has 0 radical (unpaired) electrons. The van der Waals surface area contributed by atoms with Gasteiger partial charge in [0.2, 0.25) is 5.91 Å². The molecule has 2 aromatic rings. The van der Waals surface area contributed by atoms with E-state index in [-0.39, 0.29) is 12.1 Å². The van der Waals surface area contributed by atoms with Gasteiger partial charge in [0.15, 0.2) is 5.60 Å². The van der Waals surface area contributed by atoms with Gasteiger partial charge in [0, 0.05) is 28.4 Å². The van der Waals surface area contributed by atoms with Gasteiger partial charge >= 0.3 is 12.2 Å². The predicted octanol–water partition coefficient (Wildman–Crippen LogP) is 2.69. The number of anilines is 2. The number of amides is 4. The van der Waals surface area contributed by atoms with E-state index in [1.54, 1.807) is 18.2 Å². The van der Waals surface area contributed by atoms with Crippen LogP contribution in [0.3, 0.4) is 0 Å². The number of aliphatic hydroxyl groups is 1. The Hall–Kier alpha value is -3.83. The van der Waals surface area contributed by atoms with Crippen molar-refractivity contribution >= 4 is 47.0 Å². The number of methoxy groups -OCH3 is 1. The number of piperidine rings is 1. The Morgan fingerprint density at radius 2 is 2.00 bits per heavy atom. The van der Waals surface area contributed by atoms with Crippen molar-refractivity contribution < 1.29 is 33.8 Å². The molecule has 2 aromatic carbocycles. The van der Waals surface area contributed by atoms with Crippen molar-refractivity contribution in [2.75, 3.05) is 37.4 Å². The average Bonchev–Trinajstić information content (AvgIpc) is 2.87. The maximum absolute atomic E-state index is 13.3. The topological polar surface area (TPSA) is 146 Å². The van der Waals surface area contributed by atoms with Crippen LogP contribution in [0.4, 0.5) is 21.0 Å². The lowest BCUT2D eigenvalue weighted by Crippen LogP contribution is -2.58. The van der Waals surface area contributed by atoms with E-state index in [1.165, 1.54) is 36.3 Å². The molecule has 11 nitrogen and oxygen atoms in total. The predicted molar refractivity (Wildman–Crippen MR) is 130 cm³/mol. The number of rotatable bonds is 5. The number of carbonyl (C=O) groups is 4. The normalized spacial score (nSPS) is 19.4. The first-order chi connectivity index (χ1) is 17.2. The Morgan fingerprint density at radius 1 is 1.25 bits per heavy atom. The standard InChI is InChI=1S/C24H25ClN4O7/c1-35-22(33)26-16-6-3-14(4-7-16)20(31)27-19(12-30)21(32)29-10-2-9-24(13-29)17-11-15(25)5-8-18(17)28-23(34)36-24/h3-8,11,19,30H,2,9-10,12-13H2,1H3,(H,26,33)(H,27,31)(H,28,34)/t19-,24-/m0/s1. The van der Waals surface area contributed by atoms with Crippen molar-refractivity contribution in [3.05, 3.63) is 58.6 Å². The Bertz CT molecular complexity index is 1190. The molecule has 2 aliphatic rings. The molecule has 2 aliphatic heterocycles. The number of ether oxygens (including phenoxy) is 2. The number of carbonyl (C=O) groups excluding carboxylic acids is 4. The van der Waals surface area contributed by atoms with Crippen molar-refractivity contribution in [3.63, 3.8) is 0 Å². The van der Waals surface area contributed by atoms with Crippen LogP contribution >= 0.6 is 11.6 Å². The van der Waals surface area contributed by atoms with Crippen LogP contribution in [0.1, 0.15) is 28.8 Å².